The van der Waals surface area contributed by atoms with Crippen molar-refractivity contribution >= 4 is 21.7 Å². The molecule has 0 aliphatic carbocycles. The maximum absolute atomic E-state index is 13.2. The van der Waals surface area contributed by atoms with Crippen LogP contribution in [0.1, 0.15) is 57.2 Å². The summed E-state index contributed by atoms with van der Waals surface area (Å²) in [6, 6.07) is 13.6. The summed E-state index contributed by atoms with van der Waals surface area (Å²) in [5.74, 6) is -0.942. The number of sulfonamides is 1. The lowest BCUT2D eigenvalue weighted by Crippen LogP contribution is -2.29. The topological polar surface area (TPSA) is 77.9 Å². The number of carbonyl (C=O) groups is 1. The van der Waals surface area contributed by atoms with Crippen LogP contribution >= 0.6 is 0 Å². The first-order valence-electron chi connectivity index (χ1n) is 14.2. The van der Waals surface area contributed by atoms with Gasteiger partial charge in [0.15, 0.2) is 0 Å². The van der Waals surface area contributed by atoms with Crippen LogP contribution < -0.4 is 4.90 Å². The van der Waals surface area contributed by atoms with Gasteiger partial charge in [0, 0.05) is 49.3 Å². The number of aliphatic carboxylic acids is 1. The fourth-order valence-corrected chi connectivity index (χ4v) is 6.62. The fourth-order valence-electron chi connectivity index (χ4n) is 5.38. The third-order valence-corrected chi connectivity index (χ3v) is 10.0. The second kappa shape index (κ2) is 13.1. The third kappa shape index (κ3) is 7.02. The molecule has 42 heavy (non-hydrogen) atoms. The summed E-state index contributed by atoms with van der Waals surface area (Å²) in [6.07, 6.45) is 14.2. The van der Waals surface area contributed by atoms with Gasteiger partial charge >= 0.3 is 5.97 Å². The minimum atomic E-state index is -3.76. The Labute approximate surface area is 252 Å². The third-order valence-electron chi connectivity index (χ3n) is 8.19. The van der Waals surface area contributed by atoms with Crippen LogP contribution in [0.3, 0.4) is 0 Å². The quantitative estimate of drug-likeness (QED) is 0.263. The van der Waals surface area contributed by atoms with Crippen LogP contribution in [0.4, 0.5) is 5.69 Å². The van der Waals surface area contributed by atoms with Crippen molar-refractivity contribution in [2.24, 2.45) is 0 Å². The average Bonchev–Trinajstić information content (AvgIpc) is 3.12. The zero-order chi connectivity index (χ0) is 31.3. The van der Waals surface area contributed by atoms with Crippen LogP contribution in [-0.4, -0.2) is 44.4 Å². The number of fused-ring (bicyclic) bond motifs is 1. The minimum Gasteiger partial charge on any atom is -0.481 e. The zero-order valence-corrected chi connectivity index (χ0v) is 26.7. The largest absolute Gasteiger partial charge is 0.481 e. The summed E-state index contributed by atoms with van der Waals surface area (Å²) in [5, 5.41) is 8.87. The van der Waals surface area contributed by atoms with Gasteiger partial charge in [-0.25, -0.2) is 12.7 Å². The lowest BCUT2D eigenvalue weighted by molar-refractivity contribution is -0.137. The first kappa shape index (κ1) is 32.8. The van der Waals surface area contributed by atoms with Crippen LogP contribution in [0, 0.1) is 6.92 Å². The van der Waals surface area contributed by atoms with Crippen LogP contribution in [0.2, 0.25) is 0 Å². The number of allylic oxidation sites excluding steroid dienone is 9. The van der Waals surface area contributed by atoms with Gasteiger partial charge < -0.3 is 10.0 Å². The molecule has 0 spiro atoms. The van der Waals surface area contributed by atoms with E-state index < -0.39 is 21.4 Å². The Balaban J connectivity index is 1.69. The molecular formula is C35H44N2O4S. The van der Waals surface area contributed by atoms with Gasteiger partial charge in [-0.15, -0.1) is 0 Å². The number of aryl methyl sites for hydroxylation is 1. The Morgan fingerprint density at radius 1 is 1.07 bits per heavy atom. The molecule has 224 valence electrons. The smallest absolute Gasteiger partial charge is 0.303 e. The van der Waals surface area contributed by atoms with Gasteiger partial charge in [0.1, 0.15) is 0 Å². The van der Waals surface area contributed by atoms with Crippen LogP contribution in [0.5, 0.6) is 0 Å². The summed E-state index contributed by atoms with van der Waals surface area (Å²) in [6.45, 7) is 14.9. The standard InChI is InChI=1S/C35H44N2O4S/c1-26-22-23-28(42(40,41)36(7)24-16-21-33(38)39)25-30(26)34(3,4)27(2)17-12-10-9-11-13-20-32-35(5,6)29-18-14-15-19-31(29)37(32)8/h9-15,17-20,22-23,25H,2,16,21,24H2,1,3-8H3,(H,38,39)/b10-9+,13-11+,17-12+,32-20+. The van der Waals surface area contributed by atoms with Crippen molar-refractivity contribution < 1.29 is 18.3 Å². The maximum Gasteiger partial charge on any atom is 0.303 e. The number of rotatable bonds is 12. The van der Waals surface area contributed by atoms with Crippen molar-refractivity contribution in [1.82, 2.24) is 4.31 Å². The van der Waals surface area contributed by atoms with Gasteiger partial charge in [0.25, 0.3) is 0 Å². The van der Waals surface area contributed by atoms with E-state index in [1.807, 2.05) is 57.2 Å². The molecule has 1 heterocycles. The van der Waals surface area contributed by atoms with E-state index in [-0.39, 0.29) is 29.7 Å². The molecule has 2 aromatic rings. The Morgan fingerprint density at radius 3 is 2.38 bits per heavy atom. The molecule has 0 aromatic heterocycles. The number of hydrogen-bond donors (Lipinski definition) is 1. The highest BCUT2D eigenvalue weighted by atomic mass is 32.2. The normalized spacial score (nSPS) is 16.4. The molecule has 0 unspecified atom stereocenters. The Morgan fingerprint density at radius 2 is 1.71 bits per heavy atom. The number of hydrogen-bond acceptors (Lipinski definition) is 4. The lowest BCUT2D eigenvalue weighted by atomic mass is 9.76. The highest BCUT2D eigenvalue weighted by molar-refractivity contribution is 7.89. The molecule has 0 saturated heterocycles. The highest BCUT2D eigenvalue weighted by Gasteiger charge is 2.37. The fraction of sp³-hybridized carbons (Fsp3) is 0.343. The van der Waals surface area contributed by atoms with Gasteiger partial charge in [0.2, 0.25) is 10.0 Å². The van der Waals surface area contributed by atoms with Crippen molar-refractivity contribution in [2.45, 2.75) is 63.2 Å². The first-order valence-corrected chi connectivity index (χ1v) is 15.6. The Bertz CT molecular complexity index is 1560. The predicted molar refractivity (Wildman–Crippen MR) is 173 cm³/mol. The van der Waals surface area contributed by atoms with Crippen molar-refractivity contribution in [1.29, 1.82) is 0 Å². The molecule has 0 radical (unpaired) electrons. The molecule has 7 heteroatoms. The molecule has 6 nitrogen and oxygen atoms in total. The van der Waals surface area contributed by atoms with E-state index >= 15 is 0 Å². The van der Waals surface area contributed by atoms with Gasteiger partial charge in [-0.05, 0) is 59.9 Å². The molecule has 0 bridgehead atoms. The van der Waals surface area contributed by atoms with E-state index in [0.29, 0.717) is 0 Å². The number of nitrogens with zero attached hydrogens (tertiary/aromatic N) is 2. The Kier molecular flexibility index (Phi) is 10.2. The van der Waals surface area contributed by atoms with E-state index in [4.69, 9.17) is 5.11 Å². The summed E-state index contributed by atoms with van der Waals surface area (Å²) in [5.41, 5.74) is 5.91. The lowest BCUT2D eigenvalue weighted by Gasteiger charge is -2.29. The average molecular weight is 589 g/mol. The molecule has 0 saturated carbocycles. The predicted octanol–water partition coefficient (Wildman–Crippen LogP) is 7.29. The Hall–Kier alpha value is -3.68. The number of likely N-dealkylation sites (N-methyl/N-ethyl adjacent to an activating group) is 1. The molecule has 0 amide bonds. The number of anilines is 1. The molecule has 1 aliphatic heterocycles. The molecule has 0 atom stereocenters. The summed E-state index contributed by atoms with van der Waals surface area (Å²) in [7, 11) is -0.176. The number of para-hydroxylation sites is 1. The summed E-state index contributed by atoms with van der Waals surface area (Å²) < 4.78 is 27.6. The van der Waals surface area contributed by atoms with Crippen molar-refractivity contribution in [3.63, 3.8) is 0 Å². The number of benzene rings is 2. The van der Waals surface area contributed by atoms with Crippen molar-refractivity contribution in [3.8, 4) is 0 Å². The van der Waals surface area contributed by atoms with Crippen molar-refractivity contribution in [2.75, 3.05) is 25.5 Å². The van der Waals surface area contributed by atoms with Crippen LogP contribution in [0.25, 0.3) is 0 Å². The summed E-state index contributed by atoms with van der Waals surface area (Å²) in [4.78, 5) is 13.3. The molecule has 2 aromatic carbocycles. The molecule has 1 N–H and O–H groups in total. The van der Waals surface area contributed by atoms with Gasteiger partial charge in [0.05, 0.1) is 4.90 Å². The van der Waals surface area contributed by atoms with Crippen molar-refractivity contribution in [3.05, 3.63) is 120 Å². The van der Waals surface area contributed by atoms with Gasteiger partial charge in [-0.3, -0.25) is 4.79 Å². The first-order chi connectivity index (χ1) is 19.6. The highest BCUT2D eigenvalue weighted by Crippen LogP contribution is 2.46. The second-order valence-electron chi connectivity index (χ2n) is 11.8. The second-order valence-corrected chi connectivity index (χ2v) is 13.9. The minimum absolute atomic E-state index is 0.0623. The number of carboxylic acid groups (broad SMARTS) is 1. The van der Waals surface area contributed by atoms with E-state index in [2.05, 4.69) is 68.8 Å². The molecule has 3 rings (SSSR count). The summed E-state index contributed by atoms with van der Waals surface area (Å²) >= 11 is 0. The zero-order valence-electron chi connectivity index (χ0n) is 25.9. The number of carboxylic acids is 1. The van der Waals surface area contributed by atoms with Crippen LogP contribution in [-0.2, 0) is 25.6 Å². The van der Waals surface area contributed by atoms with E-state index in [1.165, 1.54) is 28.3 Å². The molecular weight excluding hydrogens is 544 g/mol. The SMILES string of the molecule is C=C(/C=C/C=C/C=C/C=C1/N(C)c2ccccc2C1(C)C)C(C)(C)c1cc(S(=O)(=O)N(C)CCCC(=O)O)ccc1C. The monoisotopic (exact) mass is 588 g/mol. The van der Waals surface area contributed by atoms with E-state index in [1.54, 1.807) is 12.1 Å². The van der Waals surface area contributed by atoms with Crippen LogP contribution in [0.15, 0.2) is 108 Å². The van der Waals surface area contributed by atoms with Gasteiger partial charge in [-0.1, -0.05) is 95.0 Å². The molecule has 1 aliphatic rings. The van der Waals surface area contributed by atoms with Gasteiger partial charge in [-0.2, -0.15) is 0 Å². The van der Waals surface area contributed by atoms with E-state index in [0.717, 1.165) is 16.7 Å². The maximum atomic E-state index is 13.2. The molecule has 0 fully saturated rings. The van der Waals surface area contributed by atoms with E-state index in [9.17, 15) is 13.2 Å².